The number of benzene rings is 3. The van der Waals surface area contributed by atoms with Crippen LogP contribution in [0.5, 0.6) is 0 Å². The van der Waals surface area contributed by atoms with Gasteiger partial charge in [0.05, 0.1) is 12.1 Å². The van der Waals surface area contributed by atoms with E-state index in [1.165, 1.54) is 16.5 Å². The van der Waals surface area contributed by atoms with E-state index in [4.69, 9.17) is 4.74 Å². The summed E-state index contributed by atoms with van der Waals surface area (Å²) in [5.41, 5.74) is 6.35. The lowest BCUT2D eigenvalue weighted by Crippen LogP contribution is -2.21. The normalized spacial score (nSPS) is 10.9. The zero-order valence-electron chi connectivity index (χ0n) is 20.7. The van der Waals surface area contributed by atoms with Gasteiger partial charge in [-0.2, -0.15) is 0 Å². The largest absolute Gasteiger partial charge is 0.466 e. The van der Waals surface area contributed by atoms with Gasteiger partial charge in [-0.15, -0.1) is 0 Å². The Kier molecular flexibility index (Phi) is 7.66. The van der Waals surface area contributed by atoms with Crippen molar-refractivity contribution in [3.63, 3.8) is 0 Å². The summed E-state index contributed by atoms with van der Waals surface area (Å²) < 4.78 is 7.26. The number of hydrogen-bond acceptors (Lipinski definition) is 3. The Bertz CT molecular complexity index is 1320. The third-order valence-electron chi connectivity index (χ3n) is 6.18. The first kappa shape index (κ1) is 24.3. The monoisotopic (exact) mass is 468 g/mol. The second-order valence-electron chi connectivity index (χ2n) is 8.92. The lowest BCUT2D eigenvalue weighted by molar-refractivity contribution is -0.143. The number of hydrogen-bond donors (Lipinski definition) is 0. The summed E-state index contributed by atoms with van der Waals surface area (Å²) in [6, 6.07) is 24.6. The summed E-state index contributed by atoms with van der Waals surface area (Å²) >= 11 is 0. The van der Waals surface area contributed by atoms with Gasteiger partial charge in [0, 0.05) is 43.4 Å². The summed E-state index contributed by atoms with van der Waals surface area (Å²) in [4.78, 5) is 26.0. The van der Waals surface area contributed by atoms with Crippen molar-refractivity contribution in [3.05, 3.63) is 101 Å². The molecule has 0 saturated heterocycles. The molecule has 180 valence electrons. The maximum absolute atomic E-state index is 12.6. The lowest BCUT2D eigenvalue weighted by atomic mass is 10.0. The smallest absolute Gasteiger partial charge is 0.306 e. The Morgan fingerprint density at radius 1 is 0.857 bits per heavy atom. The van der Waals surface area contributed by atoms with Crippen molar-refractivity contribution in [2.45, 2.75) is 32.6 Å². The molecule has 0 bridgehead atoms. The van der Waals surface area contributed by atoms with Crippen LogP contribution in [-0.4, -0.2) is 42.0 Å². The second kappa shape index (κ2) is 11.0. The van der Waals surface area contributed by atoms with Crippen LogP contribution in [0.15, 0.2) is 79.0 Å². The molecule has 0 spiro atoms. The van der Waals surface area contributed by atoms with Crippen molar-refractivity contribution in [1.29, 1.82) is 0 Å². The molecule has 0 N–H and O–H groups in total. The van der Waals surface area contributed by atoms with Gasteiger partial charge >= 0.3 is 5.97 Å². The standard InChI is InChI=1S/C30H32N2O3/c1-4-35-29(33)18-15-23-14-17-28-27(19-23)25(16-13-22-9-6-5-7-10-22)21-32(28)26-12-8-11-24(20-26)30(34)31(2)3/h5-12,14,17,19-21H,4,13,15-16,18H2,1-3H3. The van der Waals surface area contributed by atoms with Crippen LogP contribution in [0.2, 0.25) is 0 Å². The highest BCUT2D eigenvalue weighted by Gasteiger charge is 2.14. The van der Waals surface area contributed by atoms with Crippen molar-refractivity contribution < 1.29 is 14.3 Å². The summed E-state index contributed by atoms with van der Waals surface area (Å²) in [6.45, 7) is 2.23. The zero-order valence-corrected chi connectivity index (χ0v) is 20.7. The van der Waals surface area contributed by atoms with Crippen molar-refractivity contribution in [2.24, 2.45) is 0 Å². The molecule has 0 aliphatic heterocycles. The predicted octanol–water partition coefficient (Wildman–Crippen LogP) is 5.61. The topological polar surface area (TPSA) is 51.5 Å². The Hall–Kier alpha value is -3.86. The van der Waals surface area contributed by atoms with E-state index in [2.05, 4.69) is 53.2 Å². The van der Waals surface area contributed by atoms with Crippen LogP contribution >= 0.6 is 0 Å². The van der Waals surface area contributed by atoms with E-state index >= 15 is 0 Å². The number of aryl methyl sites for hydroxylation is 3. The molecule has 0 unspecified atom stereocenters. The van der Waals surface area contributed by atoms with Crippen molar-refractivity contribution in [1.82, 2.24) is 9.47 Å². The first-order valence-electron chi connectivity index (χ1n) is 12.1. The van der Waals surface area contributed by atoms with Gasteiger partial charge in [0.1, 0.15) is 0 Å². The molecule has 0 fully saturated rings. The number of fused-ring (bicyclic) bond motifs is 1. The highest BCUT2D eigenvalue weighted by atomic mass is 16.5. The number of amides is 1. The molecule has 5 nitrogen and oxygen atoms in total. The van der Waals surface area contributed by atoms with Gasteiger partial charge in [-0.1, -0.05) is 42.5 Å². The van der Waals surface area contributed by atoms with E-state index in [-0.39, 0.29) is 11.9 Å². The Morgan fingerprint density at radius 2 is 1.66 bits per heavy atom. The highest BCUT2D eigenvalue weighted by molar-refractivity contribution is 5.95. The van der Waals surface area contributed by atoms with Crippen LogP contribution in [0, 0.1) is 0 Å². The Labute approximate surface area is 206 Å². The molecule has 0 saturated carbocycles. The van der Waals surface area contributed by atoms with E-state index in [9.17, 15) is 9.59 Å². The molecule has 1 heterocycles. The van der Waals surface area contributed by atoms with Gasteiger partial charge in [-0.25, -0.2) is 0 Å². The number of carbonyl (C=O) groups excluding carboxylic acids is 2. The molecular formula is C30H32N2O3. The number of carbonyl (C=O) groups is 2. The Morgan fingerprint density at radius 3 is 2.40 bits per heavy atom. The summed E-state index contributed by atoms with van der Waals surface area (Å²) in [5.74, 6) is -0.189. The average molecular weight is 469 g/mol. The van der Waals surface area contributed by atoms with Gasteiger partial charge in [0.2, 0.25) is 0 Å². The van der Waals surface area contributed by atoms with Crippen LogP contribution in [-0.2, 0) is 28.8 Å². The molecule has 1 aromatic heterocycles. The SMILES string of the molecule is CCOC(=O)CCc1ccc2c(c1)c(CCc1ccccc1)cn2-c1cccc(C(=O)N(C)C)c1. The summed E-state index contributed by atoms with van der Waals surface area (Å²) in [6.07, 6.45) is 5.03. The molecule has 0 aliphatic carbocycles. The predicted molar refractivity (Wildman–Crippen MR) is 140 cm³/mol. The Balaban J connectivity index is 1.71. The zero-order chi connectivity index (χ0) is 24.8. The first-order valence-corrected chi connectivity index (χ1v) is 12.1. The summed E-state index contributed by atoms with van der Waals surface area (Å²) in [5, 5.41) is 1.17. The molecule has 0 atom stereocenters. The van der Waals surface area contributed by atoms with Crippen molar-refractivity contribution in [2.75, 3.05) is 20.7 Å². The molecule has 3 aromatic carbocycles. The molecule has 5 heteroatoms. The van der Waals surface area contributed by atoms with Gasteiger partial charge in [-0.05, 0) is 73.2 Å². The molecule has 0 radical (unpaired) electrons. The number of aromatic nitrogens is 1. The summed E-state index contributed by atoms with van der Waals surface area (Å²) in [7, 11) is 3.53. The van der Waals surface area contributed by atoms with Crippen LogP contribution in [0.4, 0.5) is 0 Å². The fourth-order valence-corrected chi connectivity index (χ4v) is 4.36. The van der Waals surface area contributed by atoms with E-state index in [1.807, 2.05) is 37.3 Å². The molecule has 4 aromatic rings. The van der Waals surface area contributed by atoms with Gasteiger partial charge < -0.3 is 14.2 Å². The van der Waals surface area contributed by atoms with E-state index in [0.717, 1.165) is 29.6 Å². The fraction of sp³-hybridized carbons (Fsp3) is 0.267. The van der Waals surface area contributed by atoms with E-state index in [0.29, 0.717) is 25.0 Å². The maximum atomic E-state index is 12.6. The quantitative estimate of drug-likeness (QED) is 0.300. The molecule has 35 heavy (non-hydrogen) atoms. The van der Waals surface area contributed by atoms with Crippen molar-refractivity contribution >= 4 is 22.8 Å². The first-order chi connectivity index (χ1) is 17.0. The number of esters is 1. The number of rotatable bonds is 9. The minimum Gasteiger partial charge on any atom is -0.466 e. The van der Waals surface area contributed by atoms with Crippen LogP contribution in [0.1, 0.15) is 40.4 Å². The van der Waals surface area contributed by atoms with Crippen LogP contribution in [0.3, 0.4) is 0 Å². The molecule has 4 rings (SSSR count). The van der Waals surface area contributed by atoms with E-state index < -0.39 is 0 Å². The van der Waals surface area contributed by atoms with E-state index in [1.54, 1.807) is 19.0 Å². The minimum atomic E-state index is -0.170. The fourth-order valence-electron chi connectivity index (χ4n) is 4.36. The molecular weight excluding hydrogens is 436 g/mol. The van der Waals surface area contributed by atoms with Gasteiger partial charge in [0.15, 0.2) is 0 Å². The van der Waals surface area contributed by atoms with Gasteiger partial charge in [0.25, 0.3) is 5.91 Å². The third kappa shape index (κ3) is 5.80. The average Bonchev–Trinajstić information content (AvgIpc) is 3.24. The number of nitrogens with zero attached hydrogens (tertiary/aromatic N) is 2. The van der Waals surface area contributed by atoms with Crippen LogP contribution < -0.4 is 0 Å². The van der Waals surface area contributed by atoms with Gasteiger partial charge in [-0.3, -0.25) is 9.59 Å². The maximum Gasteiger partial charge on any atom is 0.306 e. The molecule has 1 amide bonds. The van der Waals surface area contributed by atoms with Crippen molar-refractivity contribution in [3.8, 4) is 5.69 Å². The third-order valence-corrected chi connectivity index (χ3v) is 6.18. The lowest BCUT2D eigenvalue weighted by Gasteiger charge is -2.12. The highest BCUT2D eigenvalue weighted by Crippen LogP contribution is 2.28. The second-order valence-corrected chi connectivity index (χ2v) is 8.92. The van der Waals surface area contributed by atoms with Crippen LogP contribution in [0.25, 0.3) is 16.6 Å². The molecule has 0 aliphatic rings. The number of ether oxygens (including phenoxy) is 1. The minimum absolute atomic E-state index is 0.0196.